The first-order valence-electron chi connectivity index (χ1n) is 5.06. The third kappa shape index (κ3) is 1.55. The molecule has 1 aliphatic rings. The normalized spacial score (nSPS) is 18.9. The fraction of sp³-hybridized carbons (Fsp3) is 0.455. The molecule has 0 aliphatic carbocycles. The Labute approximate surface area is 84.3 Å². The largest absolute Gasteiger partial charge is 0.492 e. The van der Waals surface area contributed by atoms with Crippen LogP contribution in [0.3, 0.4) is 0 Å². The summed E-state index contributed by atoms with van der Waals surface area (Å²) in [4.78, 5) is 0. The minimum Gasteiger partial charge on any atom is -0.492 e. The fourth-order valence-corrected chi connectivity index (χ4v) is 1.85. The average molecular weight is 192 g/mol. The Balaban J connectivity index is 2.26. The maximum Gasteiger partial charge on any atom is 0.142 e. The summed E-state index contributed by atoms with van der Waals surface area (Å²) in [5.74, 6) is 0.945. The number of para-hydroxylation sites is 1. The van der Waals surface area contributed by atoms with E-state index in [4.69, 9.17) is 10.5 Å². The minimum atomic E-state index is 0.367. The highest BCUT2D eigenvalue weighted by Crippen LogP contribution is 2.34. The van der Waals surface area contributed by atoms with E-state index in [2.05, 4.69) is 11.4 Å². The monoisotopic (exact) mass is 192 g/mol. The average Bonchev–Trinajstić information content (AvgIpc) is 2.62. The molecule has 0 amide bonds. The molecular weight excluding hydrogens is 176 g/mol. The maximum absolute atomic E-state index is 5.63. The quantitative estimate of drug-likeness (QED) is 0.760. The molecule has 14 heavy (non-hydrogen) atoms. The Morgan fingerprint density at radius 2 is 2.43 bits per heavy atom. The second-order valence-corrected chi connectivity index (χ2v) is 3.50. The summed E-state index contributed by atoms with van der Waals surface area (Å²) < 4.78 is 5.54. The van der Waals surface area contributed by atoms with Crippen LogP contribution in [0.25, 0.3) is 0 Å². The molecule has 76 valence electrons. The van der Waals surface area contributed by atoms with Gasteiger partial charge in [-0.2, -0.15) is 0 Å². The van der Waals surface area contributed by atoms with Crippen molar-refractivity contribution < 1.29 is 4.74 Å². The van der Waals surface area contributed by atoms with Gasteiger partial charge in [-0.15, -0.1) is 0 Å². The molecule has 2 rings (SSSR count). The fourth-order valence-electron chi connectivity index (χ4n) is 1.85. The molecule has 0 saturated carbocycles. The number of rotatable bonds is 3. The molecule has 0 fully saturated rings. The summed E-state index contributed by atoms with van der Waals surface area (Å²) in [5.41, 5.74) is 8.07. The molecule has 0 saturated heterocycles. The van der Waals surface area contributed by atoms with Crippen LogP contribution < -0.4 is 15.8 Å². The Hall–Kier alpha value is -1.22. The van der Waals surface area contributed by atoms with Crippen LogP contribution in [0, 0.1) is 0 Å². The topological polar surface area (TPSA) is 47.3 Å². The number of benzene rings is 1. The van der Waals surface area contributed by atoms with Gasteiger partial charge >= 0.3 is 0 Å². The van der Waals surface area contributed by atoms with Crippen molar-refractivity contribution in [1.82, 2.24) is 0 Å². The smallest absolute Gasteiger partial charge is 0.142 e. The summed E-state index contributed by atoms with van der Waals surface area (Å²) >= 11 is 0. The van der Waals surface area contributed by atoms with Crippen LogP contribution >= 0.6 is 0 Å². The molecular formula is C11H16N2O. The molecule has 1 aliphatic heterocycles. The number of hydrogen-bond acceptors (Lipinski definition) is 3. The second-order valence-electron chi connectivity index (χ2n) is 3.50. The number of nitrogens with two attached hydrogens (primary N) is 1. The Bertz CT molecular complexity index is 325. The lowest BCUT2D eigenvalue weighted by Gasteiger charge is -2.10. The van der Waals surface area contributed by atoms with E-state index in [0.717, 1.165) is 17.9 Å². The molecule has 1 aromatic rings. The van der Waals surface area contributed by atoms with Crippen LogP contribution in [0.15, 0.2) is 18.2 Å². The highest BCUT2D eigenvalue weighted by Gasteiger charge is 2.21. The van der Waals surface area contributed by atoms with Crippen molar-refractivity contribution in [2.75, 3.05) is 18.5 Å². The third-order valence-electron chi connectivity index (χ3n) is 2.51. The van der Waals surface area contributed by atoms with Crippen LogP contribution in [0.2, 0.25) is 0 Å². The first-order valence-corrected chi connectivity index (χ1v) is 5.06. The third-order valence-corrected chi connectivity index (χ3v) is 2.51. The van der Waals surface area contributed by atoms with Gasteiger partial charge in [0.05, 0.1) is 12.3 Å². The molecule has 0 radical (unpaired) electrons. The maximum atomic E-state index is 5.63. The number of nitrogens with one attached hydrogen (secondary N) is 1. The summed E-state index contributed by atoms with van der Waals surface area (Å²) in [6.07, 6.45) is 1.01. The van der Waals surface area contributed by atoms with Crippen LogP contribution in [-0.2, 0) is 6.42 Å². The van der Waals surface area contributed by atoms with Gasteiger partial charge in [0.2, 0.25) is 0 Å². The van der Waals surface area contributed by atoms with E-state index in [-0.39, 0.29) is 0 Å². The van der Waals surface area contributed by atoms with E-state index in [0.29, 0.717) is 19.2 Å². The number of fused-ring (bicyclic) bond motifs is 1. The van der Waals surface area contributed by atoms with Crippen molar-refractivity contribution >= 4 is 5.69 Å². The van der Waals surface area contributed by atoms with Crippen molar-refractivity contribution in [3.8, 4) is 5.75 Å². The predicted molar refractivity (Wildman–Crippen MR) is 57.8 cm³/mol. The van der Waals surface area contributed by atoms with E-state index in [9.17, 15) is 0 Å². The first-order chi connectivity index (χ1) is 6.85. The van der Waals surface area contributed by atoms with Gasteiger partial charge in [0, 0.05) is 12.6 Å². The first kappa shape index (κ1) is 9.34. The molecule has 0 aromatic heterocycles. The molecule has 3 N–H and O–H groups in total. The Morgan fingerprint density at radius 3 is 3.14 bits per heavy atom. The summed E-state index contributed by atoms with van der Waals surface area (Å²) in [5, 5.41) is 3.39. The standard InChI is InChI=1S/C11H16N2O/c1-2-14-10-5-3-4-8-6-9(7-12)13-11(8)10/h3-5,9,13H,2,6-7,12H2,1H3. The number of anilines is 1. The molecule has 1 aromatic carbocycles. The number of ether oxygens (including phenoxy) is 1. The van der Waals surface area contributed by atoms with Crippen molar-refractivity contribution in [1.29, 1.82) is 0 Å². The van der Waals surface area contributed by atoms with Crippen molar-refractivity contribution in [3.63, 3.8) is 0 Å². The lowest BCUT2D eigenvalue weighted by Crippen LogP contribution is -2.25. The summed E-state index contributed by atoms with van der Waals surface area (Å²) in [6.45, 7) is 3.36. The second kappa shape index (κ2) is 3.88. The zero-order valence-corrected chi connectivity index (χ0v) is 8.42. The van der Waals surface area contributed by atoms with E-state index in [1.807, 2.05) is 19.1 Å². The molecule has 1 unspecified atom stereocenters. The van der Waals surface area contributed by atoms with Crippen LogP contribution in [-0.4, -0.2) is 19.2 Å². The molecule has 0 spiro atoms. The van der Waals surface area contributed by atoms with E-state index in [1.165, 1.54) is 5.56 Å². The van der Waals surface area contributed by atoms with Gasteiger partial charge in [-0.1, -0.05) is 12.1 Å². The molecule has 3 nitrogen and oxygen atoms in total. The van der Waals surface area contributed by atoms with Crippen LogP contribution in [0.1, 0.15) is 12.5 Å². The van der Waals surface area contributed by atoms with Gasteiger partial charge < -0.3 is 15.8 Å². The SMILES string of the molecule is CCOc1cccc2c1NC(CN)C2. The van der Waals surface area contributed by atoms with E-state index in [1.54, 1.807) is 0 Å². The lowest BCUT2D eigenvalue weighted by atomic mass is 10.1. The van der Waals surface area contributed by atoms with Gasteiger partial charge in [0.15, 0.2) is 0 Å². The lowest BCUT2D eigenvalue weighted by molar-refractivity contribution is 0.342. The molecule has 0 bridgehead atoms. The Kier molecular flexibility index (Phi) is 2.59. The van der Waals surface area contributed by atoms with Gasteiger partial charge in [-0.3, -0.25) is 0 Å². The van der Waals surface area contributed by atoms with Gasteiger partial charge in [0.25, 0.3) is 0 Å². The van der Waals surface area contributed by atoms with Gasteiger partial charge in [0.1, 0.15) is 5.75 Å². The van der Waals surface area contributed by atoms with E-state index >= 15 is 0 Å². The highest BCUT2D eigenvalue weighted by molar-refractivity contribution is 5.66. The molecule has 3 heteroatoms. The zero-order valence-electron chi connectivity index (χ0n) is 8.42. The van der Waals surface area contributed by atoms with Crippen molar-refractivity contribution in [2.24, 2.45) is 5.73 Å². The molecule has 1 atom stereocenters. The highest BCUT2D eigenvalue weighted by atomic mass is 16.5. The van der Waals surface area contributed by atoms with Gasteiger partial charge in [-0.25, -0.2) is 0 Å². The van der Waals surface area contributed by atoms with Crippen LogP contribution in [0.4, 0.5) is 5.69 Å². The Morgan fingerprint density at radius 1 is 1.57 bits per heavy atom. The predicted octanol–water partition coefficient (Wildman–Crippen LogP) is 1.38. The van der Waals surface area contributed by atoms with Gasteiger partial charge in [-0.05, 0) is 25.0 Å². The van der Waals surface area contributed by atoms with E-state index < -0.39 is 0 Å². The van der Waals surface area contributed by atoms with Crippen LogP contribution in [0.5, 0.6) is 5.75 Å². The minimum absolute atomic E-state index is 0.367. The summed E-state index contributed by atoms with van der Waals surface area (Å²) in [7, 11) is 0. The summed E-state index contributed by atoms with van der Waals surface area (Å²) in [6, 6.07) is 6.52. The van der Waals surface area contributed by atoms with Crippen molar-refractivity contribution in [2.45, 2.75) is 19.4 Å². The zero-order chi connectivity index (χ0) is 9.97. The number of hydrogen-bond donors (Lipinski definition) is 2. The van der Waals surface area contributed by atoms with Crippen molar-refractivity contribution in [3.05, 3.63) is 23.8 Å². The molecule has 1 heterocycles.